The fraction of sp³-hybridized carbons (Fsp3) is 0.0233. The van der Waals surface area contributed by atoms with Gasteiger partial charge in [-0.15, -0.1) is 0 Å². The number of nitrogens with zero attached hydrogens (tertiary/aromatic N) is 1. The molecule has 2 nitrogen and oxygen atoms in total. The van der Waals surface area contributed by atoms with Gasteiger partial charge in [-0.1, -0.05) is 121 Å². The van der Waals surface area contributed by atoms with Crippen molar-refractivity contribution in [2.45, 2.75) is 0 Å². The highest BCUT2D eigenvalue weighted by atomic mass is 16.5. The Labute approximate surface area is 263 Å². The van der Waals surface area contributed by atoms with Crippen LogP contribution in [0, 0.1) is 0 Å². The van der Waals surface area contributed by atoms with Gasteiger partial charge in [0.15, 0.2) is 0 Å². The summed E-state index contributed by atoms with van der Waals surface area (Å²) in [4.78, 5) is 2.36. The van der Waals surface area contributed by atoms with Crippen molar-refractivity contribution in [2.75, 3.05) is 12.0 Å². The predicted octanol–water partition coefficient (Wildman–Crippen LogP) is 11.7. The number of anilines is 3. The van der Waals surface area contributed by atoms with Gasteiger partial charge in [0.25, 0.3) is 0 Å². The number of ether oxygens (including phenoxy) is 1. The number of methoxy groups -OCH3 is 1. The molecule has 0 saturated heterocycles. The lowest BCUT2D eigenvalue weighted by Crippen LogP contribution is -2.10. The van der Waals surface area contributed by atoms with Gasteiger partial charge < -0.3 is 9.64 Å². The highest BCUT2D eigenvalue weighted by Gasteiger charge is 2.18. The normalized spacial score (nSPS) is 11.2. The molecule has 0 atom stereocenters. The van der Waals surface area contributed by atoms with Gasteiger partial charge in [0, 0.05) is 16.8 Å². The van der Waals surface area contributed by atoms with Crippen LogP contribution in [0.4, 0.5) is 17.1 Å². The summed E-state index contributed by atoms with van der Waals surface area (Å²) in [5.74, 6) is 0.837. The van der Waals surface area contributed by atoms with Crippen LogP contribution in [0.5, 0.6) is 5.75 Å². The second-order valence-corrected chi connectivity index (χ2v) is 11.4. The average Bonchev–Trinajstić information content (AvgIpc) is 3.12. The number of hydrogen-bond acceptors (Lipinski definition) is 2. The molecule has 0 amide bonds. The van der Waals surface area contributed by atoms with Crippen molar-refractivity contribution < 1.29 is 4.74 Å². The van der Waals surface area contributed by atoms with Crippen molar-refractivity contribution in [3.8, 4) is 5.75 Å². The van der Waals surface area contributed by atoms with E-state index in [1.165, 1.54) is 49.0 Å². The van der Waals surface area contributed by atoms with Gasteiger partial charge in [-0.2, -0.15) is 0 Å². The van der Waals surface area contributed by atoms with E-state index in [2.05, 4.69) is 163 Å². The van der Waals surface area contributed by atoms with Gasteiger partial charge in [-0.05, 0) is 97.7 Å². The van der Waals surface area contributed by atoms with Gasteiger partial charge in [0.1, 0.15) is 5.75 Å². The Morgan fingerprint density at radius 1 is 0.489 bits per heavy atom. The summed E-state index contributed by atoms with van der Waals surface area (Å²) >= 11 is 0. The second kappa shape index (κ2) is 11.3. The van der Waals surface area contributed by atoms with Crippen molar-refractivity contribution in [1.29, 1.82) is 0 Å². The van der Waals surface area contributed by atoms with Crippen LogP contribution in [0.2, 0.25) is 0 Å². The van der Waals surface area contributed by atoms with E-state index in [0.717, 1.165) is 28.4 Å². The fourth-order valence-electron chi connectivity index (χ4n) is 6.53. The molecule has 0 aromatic heterocycles. The lowest BCUT2D eigenvalue weighted by molar-refractivity contribution is 0.415. The van der Waals surface area contributed by atoms with Gasteiger partial charge >= 0.3 is 0 Å². The highest BCUT2D eigenvalue weighted by Crippen LogP contribution is 2.44. The monoisotopic (exact) mass is 577 g/mol. The maximum Gasteiger partial charge on any atom is 0.119 e. The Bertz CT molecular complexity index is 2210. The van der Waals surface area contributed by atoms with Crippen LogP contribution < -0.4 is 9.64 Å². The summed E-state index contributed by atoms with van der Waals surface area (Å²) in [6.45, 7) is 0. The van der Waals surface area contributed by atoms with Crippen LogP contribution in [-0.4, -0.2) is 7.11 Å². The third-order valence-corrected chi connectivity index (χ3v) is 8.71. The summed E-state index contributed by atoms with van der Waals surface area (Å²) < 4.78 is 5.51. The van der Waals surface area contributed by atoms with E-state index in [1.807, 2.05) is 12.1 Å². The molecule has 2 heteroatoms. The molecule has 0 aliphatic carbocycles. The molecule has 0 heterocycles. The van der Waals surface area contributed by atoms with Crippen LogP contribution in [0.3, 0.4) is 0 Å². The Balaban J connectivity index is 1.28. The average molecular weight is 578 g/mol. The Hall–Kier alpha value is -5.86. The summed E-state index contributed by atoms with van der Waals surface area (Å²) in [7, 11) is 1.71. The van der Waals surface area contributed by atoms with E-state index in [-0.39, 0.29) is 0 Å². The smallest absolute Gasteiger partial charge is 0.119 e. The first-order chi connectivity index (χ1) is 22.3. The summed E-state index contributed by atoms with van der Waals surface area (Å²) in [5, 5.41) is 7.63. The molecule has 0 spiro atoms. The molecule has 0 radical (unpaired) electrons. The van der Waals surface area contributed by atoms with Crippen molar-refractivity contribution in [3.05, 3.63) is 180 Å². The van der Waals surface area contributed by atoms with E-state index < -0.39 is 0 Å². The maximum atomic E-state index is 5.51. The quantitative estimate of drug-likeness (QED) is 0.138. The summed E-state index contributed by atoms with van der Waals surface area (Å²) in [6.07, 6.45) is 2.28. The first-order valence-electron chi connectivity index (χ1n) is 15.3. The summed E-state index contributed by atoms with van der Waals surface area (Å²) in [6, 6.07) is 58.5. The minimum atomic E-state index is 0.837. The maximum absolute atomic E-state index is 5.51. The topological polar surface area (TPSA) is 12.5 Å². The SMILES string of the molecule is COc1ccc(N(c2ccc(C=C(c3ccccc3)c3ccccc3)cc2)c2ccc3ccc4cccc5ccc2c3c45)cc1. The largest absolute Gasteiger partial charge is 0.497 e. The molecule has 45 heavy (non-hydrogen) atoms. The van der Waals surface area contributed by atoms with E-state index >= 15 is 0 Å². The molecule has 0 bridgehead atoms. The molecule has 0 aliphatic rings. The molecule has 0 aliphatic heterocycles. The standard InChI is InChI=1S/C43H31NO/c1-45-38-25-23-37(24-26-38)44(41-28-20-35-18-17-33-13-8-14-34-19-27-39(41)43(35)42(33)34)36-21-15-30(16-22-36)29-40(31-9-4-2-5-10-31)32-11-6-3-7-12-32/h2-29H,1H3. The number of hydrogen-bond donors (Lipinski definition) is 0. The van der Waals surface area contributed by atoms with Crippen LogP contribution >= 0.6 is 0 Å². The molecule has 0 N–H and O–H groups in total. The number of rotatable bonds is 7. The van der Waals surface area contributed by atoms with Crippen LogP contribution in [-0.2, 0) is 0 Å². The Morgan fingerprint density at radius 2 is 1.02 bits per heavy atom. The third kappa shape index (κ3) is 4.87. The molecular formula is C43H31NO. The first kappa shape index (κ1) is 26.7. The van der Waals surface area contributed by atoms with Crippen LogP contribution in [0.15, 0.2) is 164 Å². The molecular weight excluding hydrogens is 546 g/mol. The van der Waals surface area contributed by atoms with Crippen molar-refractivity contribution in [1.82, 2.24) is 0 Å². The Morgan fingerprint density at radius 3 is 1.62 bits per heavy atom. The van der Waals surface area contributed by atoms with E-state index in [4.69, 9.17) is 4.74 Å². The van der Waals surface area contributed by atoms with E-state index in [9.17, 15) is 0 Å². The van der Waals surface area contributed by atoms with Gasteiger partial charge in [0.2, 0.25) is 0 Å². The second-order valence-electron chi connectivity index (χ2n) is 11.4. The Kier molecular flexibility index (Phi) is 6.73. The first-order valence-corrected chi connectivity index (χ1v) is 15.3. The summed E-state index contributed by atoms with van der Waals surface area (Å²) in [5.41, 5.74) is 8.04. The fourth-order valence-corrected chi connectivity index (χ4v) is 6.53. The van der Waals surface area contributed by atoms with Crippen molar-refractivity contribution in [3.63, 3.8) is 0 Å². The lowest BCUT2D eigenvalue weighted by atomic mass is 9.93. The molecule has 0 unspecified atom stereocenters. The van der Waals surface area contributed by atoms with E-state index in [1.54, 1.807) is 7.11 Å². The molecule has 214 valence electrons. The minimum absolute atomic E-state index is 0.837. The van der Waals surface area contributed by atoms with Gasteiger partial charge in [-0.3, -0.25) is 0 Å². The van der Waals surface area contributed by atoms with Crippen LogP contribution in [0.1, 0.15) is 16.7 Å². The zero-order chi connectivity index (χ0) is 30.2. The van der Waals surface area contributed by atoms with E-state index in [0.29, 0.717) is 0 Å². The van der Waals surface area contributed by atoms with Gasteiger partial charge in [-0.25, -0.2) is 0 Å². The molecule has 8 aromatic carbocycles. The van der Waals surface area contributed by atoms with Crippen LogP contribution in [0.25, 0.3) is 44.0 Å². The molecule has 8 rings (SSSR count). The van der Waals surface area contributed by atoms with Crippen molar-refractivity contribution >= 4 is 61.0 Å². The third-order valence-electron chi connectivity index (χ3n) is 8.71. The zero-order valence-electron chi connectivity index (χ0n) is 25.0. The highest BCUT2D eigenvalue weighted by molar-refractivity contribution is 6.25. The zero-order valence-corrected chi connectivity index (χ0v) is 25.0. The molecule has 0 fully saturated rings. The number of benzene rings is 8. The lowest BCUT2D eigenvalue weighted by Gasteiger charge is -2.28. The minimum Gasteiger partial charge on any atom is -0.497 e. The predicted molar refractivity (Wildman–Crippen MR) is 191 cm³/mol. The molecule has 8 aromatic rings. The molecule has 0 saturated carbocycles. The van der Waals surface area contributed by atoms with Gasteiger partial charge in [0.05, 0.1) is 12.8 Å². The van der Waals surface area contributed by atoms with Crippen molar-refractivity contribution in [2.24, 2.45) is 0 Å².